The first-order chi connectivity index (χ1) is 13.6. The number of benzene rings is 1. The highest BCUT2D eigenvalue weighted by Gasteiger charge is 2.31. The van der Waals surface area contributed by atoms with Gasteiger partial charge in [0.1, 0.15) is 45.0 Å². The molecule has 0 saturated carbocycles. The molecule has 0 bridgehead atoms. The van der Waals surface area contributed by atoms with Crippen LogP contribution in [0.3, 0.4) is 0 Å². The Kier molecular flexibility index (Phi) is 6.62. The highest BCUT2D eigenvalue weighted by Crippen LogP contribution is 2.30. The zero-order valence-corrected chi connectivity index (χ0v) is 19.4. The van der Waals surface area contributed by atoms with Gasteiger partial charge in [-0.05, 0) is 11.6 Å². The second-order valence-corrected chi connectivity index (χ2v) is 9.54. The number of aromatic nitrogens is 1. The van der Waals surface area contributed by atoms with Crippen LogP contribution in [0.1, 0.15) is 16.1 Å². The molecule has 6 nitrogen and oxygen atoms in total. The largest absolute Gasteiger partial charge is 0.505 e. The number of amides is 1. The first-order valence-corrected chi connectivity index (χ1v) is 10.0. The molecule has 1 aromatic carbocycles. The molecule has 0 radical (unpaired) electrons. The molecule has 1 heterocycles. The second kappa shape index (κ2) is 8.22. The van der Waals surface area contributed by atoms with E-state index >= 15 is 0 Å². The molecule has 0 aliphatic carbocycles. The molecule has 1 amide bonds. The lowest BCUT2D eigenvalue weighted by atomic mass is 9.37. The Hall–Kier alpha value is -2.08. The lowest BCUT2D eigenvalue weighted by Gasteiger charge is -2.30. The van der Waals surface area contributed by atoms with Crippen LogP contribution in [0.5, 0.6) is 5.75 Å². The number of hydrogen-bond acceptors (Lipinski definition) is 4. The van der Waals surface area contributed by atoms with Crippen LogP contribution in [0, 0.1) is 0 Å². The van der Waals surface area contributed by atoms with Crippen LogP contribution in [0.25, 0.3) is 11.1 Å². The fourth-order valence-corrected chi connectivity index (χ4v) is 3.81. The van der Waals surface area contributed by atoms with Crippen molar-refractivity contribution in [3.8, 4) is 16.9 Å². The molecule has 146 valence electrons. The molecule has 0 spiro atoms. The van der Waals surface area contributed by atoms with E-state index in [0.717, 1.165) is 27.5 Å². The standard InChI is InChI=1S/C15H21B8ClN2O4/c16-7-5(6(14(19,20)21)8(17)9(18)10(7)24)3-1-4(27)11(25-2-3)12(28)26-15(22,23)13(29)30/h1-2,27H,16-23H2,(H,26,28)(H,29,30). The summed E-state index contributed by atoms with van der Waals surface area (Å²) in [7, 11) is 15.0. The predicted octanol–water partition coefficient (Wildman–Crippen LogP) is -8.37. The van der Waals surface area contributed by atoms with Gasteiger partial charge in [0.2, 0.25) is 0 Å². The minimum Gasteiger partial charge on any atom is -0.505 e. The average Bonchev–Trinajstić information content (AvgIpc) is 2.60. The van der Waals surface area contributed by atoms with Crippen molar-refractivity contribution in [2.24, 2.45) is 0 Å². The van der Waals surface area contributed by atoms with E-state index in [2.05, 4.69) is 33.8 Å². The summed E-state index contributed by atoms with van der Waals surface area (Å²) in [5.74, 6) is -2.29. The molecule has 0 atom stereocenters. The number of aliphatic carboxylic acids is 1. The fraction of sp³-hybridized carbons (Fsp3) is 0.133. The minimum atomic E-state index is -1.50. The fourth-order valence-electron chi connectivity index (χ4n) is 3.58. The highest BCUT2D eigenvalue weighted by molar-refractivity contribution is 6.65. The Morgan fingerprint density at radius 3 is 2.07 bits per heavy atom. The van der Waals surface area contributed by atoms with Gasteiger partial charge in [-0.1, -0.05) is 38.7 Å². The van der Waals surface area contributed by atoms with Crippen LogP contribution in [0.4, 0.5) is 0 Å². The molecule has 0 aliphatic rings. The quantitative estimate of drug-likeness (QED) is 0.422. The number of aromatic hydroxyl groups is 1. The van der Waals surface area contributed by atoms with E-state index in [4.69, 9.17) is 11.6 Å². The van der Waals surface area contributed by atoms with Crippen LogP contribution in [0.15, 0.2) is 12.3 Å². The third-order valence-corrected chi connectivity index (χ3v) is 5.87. The Balaban J connectivity index is 2.65. The average molecular weight is 415 g/mol. The third kappa shape index (κ3) is 4.48. The lowest BCUT2D eigenvalue weighted by Crippen LogP contribution is -2.55. The van der Waals surface area contributed by atoms with Crippen LogP contribution in [-0.4, -0.2) is 95.2 Å². The topological polar surface area (TPSA) is 99.5 Å². The summed E-state index contributed by atoms with van der Waals surface area (Å²) in [5, 5.41) is 21.1. The van der Waals surface area contributed by atoms with E-state index < -0.39 is 17.2 Å². The van der Waals surface area contributed by atoms with Crippen molar-refractivity contribution in [1.82, 2.24) is 10.3 Å². The highest BCUT2D eigenvalue weighted by atomic mass is 35.5. The number of nitrogens with zero attached hydrogens (tertiary/aromatic N) is 1. The number of carboxylic acids is 1. The Morgan fingerprint density at radius 2 is 1.60 bits per heavy atom. The van der Waals surface area contributed by atoms with Crippen molar-refractivity contribution in [3.05, 3.63) is 28.5 Å². The summed E-state index contributed by atoms with van der Waals surface area (Å²) in [6.45, 7) is 0. The molecule has 1 aromatic heterocycles. The first-order valence-electron chi connectivity index (χ1n) is 9.64. The van der Waals surface area contributed by atoms with E-state index in [1.165, 1.54) is 28.0 Å². The van der Waals surface area contributed by atoms with E-state index in [0.29, 0.717) is 10.6 Å². The van der Waals surface area contributed by atoms with Crippen molar-refractivity contribution in [3.63, 3.8) is 0 Å². The molecule has 15 heteroatoms. The number of halogens is 1. The number of carboxylic acid groups (broad SMARTS) is 1. The van der Waals surface area contributed by atoms with Gasteiger partial charge in [-0.2, -0.15) is 0 Å². The van der Waals surface area contributed by atoms with Gasteiger partial charge in [-0.25, -0.2) is 4.98 Å². The smallest absolute Gasteiger partial charge is 0.311 e. The summed E-state index contributed by atoms with van der Waals surface area (Å²) in [6, 6.07) is 1.47. The summed E-state index contributed by atoms with van der Waals surface area (Å²) in [6.07, 6.45) is 1.51. The maximum atomic E-state index is 12.5. The summed E-state index contributed by atoms with van der Waals surface area (Å²) in [5.41, 5.74) is 5.30. The predicted molar refractivity (Wildman–Crippen MR) is 143 cm³/mol. The van der Waals surface area contributed by atoms with E-state index in [1.807, 2.05) is 23.5 Å². The van der Waals surface area contributed by atoms with Gasteiger partial charge in [-0.15, -0.1) is 0 Å². The van der Waals surface area contributed by atoms with Crippen LogP contribution in [0.2, 0.25) is 5.02 Å². The van der Waals surface area contributed by atoms with Crippen LogP contribution < -0.4 is 21.7 Å². The Morgan fingerprint density at radius 1 is 1.03 bits per heavy atom. The molecule has 0 aliphatic heterocycles. The molecular formula is C15H21B8ClN2O4. The van der Waals surface area contributed by atoms with Gasteiger partial charge < -0.3 is 15.5 Å². The maximum Gasteiger partial charge on any atom is 0.311 e. The molecule has 0 unspecified atom stereocenters. The molecule has 30 heavy (non-hydrogen) atoms. The van der Waals surface area contributed by atoms with E-state index in [1.54, 1.807) is 0 Å². The van der Waals surface area contributed by atoms with Crippen molar-refractivity contribution >= 4 is 103 Å². The minimum absolute atomic E-state index is 0.198. The van der Waals surface area contributed by atoms with Crippen molar-refractivity contribution < 1.29 is 19.8 Å². The third-order valence-electron chi connectivity index (χ3n) is 5.30. The van der Waals surface area contributed by atoms with Crippen molar-refractivity contribution in [1.29, 1.82) is 0 Å². The lowest BCUT2D eigenvalue weighted by molar-refractivity contribution is -0.138. The number of nitrogens with one attached hydrogen (secondary N) is 1. The normalized spacial score (nSPS) is 11.8. The Bertz CT molecular complexity index is 1060. The van der Waals surface area contributed by atoms with Gasteiger partial charge in [0.25, 0.3) is 5.91 Å². The van der Waals surface area contributed by atoms with Crippen LogP contribution >= 0.6 is 11.6 Å². The number of pyridine rings is 1. The summed E-state index contributed by atoms with van der Waals surface area (Å²) in [4.78, 5) is 27.9. The number of carbonyl (C=O) groups excluding carboxylic acids is 1. The van der Waals surface area contributed by atoms with Gasteiger partial charge in [0.15, 0.2) is 5.69 Å². The molecule has 3 N–H and O–H groups in total. The van der Waals surface area contributed by atoms with Crippen molar-refractivity contribution in [2.75, 3.05) is 0 Å². The SMILES string of the molecule is Bc1c(B)c(C(B)(B)B)c(-c2cnc(C(=O)NC(B)(B)C(=O)O)c(O)c2)c(B)c1Cl. The zero-order chi connectivity index (χ0) is 23.2. The summed E-state index contributed by atoms with van der Waals surface area (Å²) >= 11 is 6.58. The van der Waals surface area contributed by atoms with E-state index in [9.17, 15) is 19.8 Å². The van der Waals surface area contributed by atoms with Gasteiger partial charge >= 0.3 is 5.97 Å². The number of carbonyl (C=O) groups is 2. The molecule has 0 fully saturated rings. The van der Waals surface area contributed by atoms with Crippen LogP contribution in [-0.2, 0) is 9.91 Å². The monoisotopic (exact) mass is 416 g/mol. The summed E-state index contributed by atoms with van der Waals surface area (Å²) < 4.78 is 0. The van der Waals surface area contributed by atoms with Crippen molar-refractivity contribution in [2.45, 2.75) is 10.5 Å². The number of rotatable bonds is 5. The van der Waals surface area contributed by atoms with Gasteiger partial charge in [-0.3, -0.25) is 9.59 Å². The molecule has 2 aromatic rings. The molecule has 0 saturated heterocycles. The van der Waals surface area contributed by atoms with Gasteiger partial charge in [0.05, 0.1) is 28.9 Å². The zero-order valence-electron chi connectivity index (χ0n) is 18.7. The Labute approximate surface area is 188 Å². The second-order valence-electron chi connectivity index (χ2n) is 9.16. The van der Waals surface area contributed by atoms with Gasteiger partial charge in [0, 0.05) is 16.8 Å². The molecule has 2 rings (SSSR count). The van der Waals surface area contributed by atoms with E-state index in [-0.39, 0.29) is 16.6 Å². The first kappa shape index (κ1) is 24.2. The maximum absolute atomic E-state index is 12.5. The number of hydrogen-bond donors (Lipinski definition) is 3. The molecular weight excluding hydrogens is 394 g/mol.